The molecule has 2 aromatic carbocycles. The van der Waals surface area contributed by atoms with Crippen LogP contribution in [0, 0.1) is 11.3 Å². The molecule has 0 radical (unpaired) electrons. The molecule has 0 saturated heterocycles. The molecular formula is C37H52BrN5O6. The van der Waals surface area contributed by atoms with Crippen molar-refractivity contribution >= 4 is 45.8 Å². The molecule has 268 valence electrons. The highest BCUT2D eigenvalue weighted by Crippen LogP contribution is 2.24. The second-order valence-electron chi connectivity index (χ2n) is 13.4. The number of hydrazine groups is 1. The lowest BCUT2D eigenvalue weighted by Gasteiger charge is -2.34. The topological polar surface area (TPSA) is 149 Å². The third-order valence-electron chi connectivity index (χ3n) is 7.94. The Bertz CT molecular complexity index is 1420. The van der Waals surface area contributed by atoms with E-state index in [-0.39, 0.29) is 44.2 Å². The Morgan fingerprint density at radius 3 is 2.10 bits per heavy atom. The summed E-state index contributed by atoms with van der Waals surface area (Å²) in [5, 5.41) is 21.9. The Hall–Kier alpha value is -4.00. The number of hydrogen-bond donors (Lipinski definition) is 5. The largest absolute Gasteiger partial charge is 0.453 e. The average molecular weight is 743 g/mol. The lowest BCUT2D eigenvalue weighted by atomic mass is 9.86. The fraction of sp³-hybridized carbons (Fsp3) is 0.459. The molecule has 0 fully saturated rings. The van der Waals surface area contributed by atoms with Crippen LogP contribution < -0.4 is 21.4 Å². The summed E-state index contributed by atoms with van der Waals surface area (Å²) in [5.74, 6) is -1.75. The molecule has 0 saturated carbocycles. The van der Waals surface area contributed by atoms with Crippen LogP contribution in [0.3, 0.4) is 0 Å². The summed E-state index contributed by atoms with van der Waals surface area (Å²) in [5.41, 5.74) is 2.91. The molecule has 0 spiro atoms. The number of carbonyl (C=O) groups is 4. The highest BCUT2D eigenvalue weighted by Gasteiger charge is 2.39. The van der Waals surface area contributed by atoms with Crippen molar-refractivity contribution in [3.05, 3.63) is 88.9 Å². The molecule has 2 rings (SSSR count). The molecule has 0 heterocycles. The number of nitrogens with zero attached hydrogens (tertiary/aromatic N) is 1. The molecule has 12 heteroatoms. The van der Waals surface area contributed by atoms with Gasteiger partial charge in [0.05, 0.1) is 7.11 Å². The Morgan fingerprint density at radius 1 is 0.959 bits per heavy atom. The fourth-order valence-corrected chi connectivity index (χ4v) is 5.37. The van der Waals surface area contributed by atoms with E-state index in [1.807, 2.05) is 83.1 Å². The summed E-state index contributed by atoms with van der Waals surface area (Å²) in [6, 6.07) is 13.2. The molecule has 3 atom stereocenters. The summed E-state index contributed by atoms with van der Waals surface area (Å²) in [7, 11) is 1.23. The third kappa shape index (κ3) is 13.4. The van der Waals surface area contributed by atoms with Crippen LogP contribution in [-0.4, -0.2) is 71.8 Å². The molecular weight excluding hydrogens is 690 g/mol. The minimum absolute atomic E-state index is 0.0104. The van der Waals surface area contributed by atoms with Gasteiger partial charge in [-0.1, -0.05) is 106 Å². The number of alkyl carbamates (subject to hydrolysis) is 1. The van der Waals surface area contributed by atoms with Crippen molar-refractivity contribution in [2.45, 2.75) is 78.1 Å². The minimum Gasteiger partial charge on any atom is -0.453 e. The molecule has 0 unspecified atom stereocenters. The smallest absolute Gasteiger partial charge is 0.407 e. The van der Waals surface area contributed by atoms with Crippen LogP contribution in [0.25, 0.3) is 6.08 Å². The monoisotopic (exact) mass is 741 g/mol. The molecule has 4 amide bonds. The van der Waals surface area contributed by atoms with Gasteiger partial charge < -0.3 is 25.8 Å². The summed E-state index contributed by atoms with van der Waals surface area (Å²) >= 11 is 3.45. The van der Waals surface area contributed by atoms with Gasteiger partial charge in [-0.25, -0.2) is 9.80 Å². The number of benzene rings is 2. The zero-order chi connectivity index (χ0) is 36.8. The highest BCUT2D eigenvalue weighted by atomic mass is 79.9. The van der Waals surface area contributed by atoms with Crippen LogP contribution in [-0.2, 0) is 32.1 Å². The van der Waals surface area contributed by atoms with Crippen LogP contribution in [0.1, 0.15) is 64.2 Å². The van der Waals surface area contributed by atoms with Crippen molar-refractivity contribution in [3.8, 4) is 0 Å². The van der Waals surface area contributed by atoms with E-state index in [0.717, 1.165) is 21.2 Å². The standard InChI is InChI=1S/C37H52BrN5O6/c1-9-21-39-32(44)30(25(3)4)40-34(46)37(48,23-27-14-12-26(10-2)13-15-27)20-11-22-43(24-28-16-18-29(38)19-17-28)42-33(45)31(36(5,6)7)41-35(47)49-8/h9-10,12-19,25,30-31,48H,1-2,11,20-24H2,3-8H3,(H,39,44)(H,40,46)(H,41,47)(H,42,45)/t30-,31+,37-/m0/s1. The minimum atomic E-state index is -1.89. The van der Waals surface area contributed by atoms with E-state index in [1.165, 1.54) is 7.11 Å². The zero-order valence-corrected chi connectivity index (χ0v) is 31.1. The number of ether oxygens (including phenoxy) is 1. The summed E-state index contributed by atoms with van der Waals surface area (Å²) in [6.07, 6.45) is 2.81. The average Bonchev–Trinajstić information content (AvgIpc) is 3.05. The number of amides is 4. The molecule has 49 heavy (non-hydrogen) atoms. The molecule has 2 aromatic rings. The first-order valence-electron chi connectivity index (χ1n) is 16.3. The van der Waals surface area contributed by atoms with E-state index >= 15 is 0 Å². The van der Waals surface area contributed by atoms with Crippen molar-refractivity contribution in [1.29, 1.82) is 0 Å². The number of nitrogens with one attached hydrogen (secondary N) is 4. The Balaban J connectivity index is 2.37. The molecule has 0 aliphatic carbocycles. The lowest BCUT2D eigenvalue weighted by Crippen LogP contribution is -2.58. The lowest BCUT2D eigenvalue weighted by molar-refractivity contribution is -0.144. The molecule has 0 bridgehead atoms. The number of rotatable bonds is 18. The first kappa shape index (κ1) is 41.2. The first-order chi connectivity index (χ1) is 23.0. The fourth-order valence-electron chi connectivity index (χ4n) is 5.10. The van der Waals surface area contributed by atoms with Crippen molar-refractivity contribution in [2.24, 2.45) is 11.3 Å². The summed E-state index contributed by atoms with van der Waals surface area (Å²) in [4.78, 5) is 52.5. The van der Waals surface area contributed by atoms with Gasteiger partial charge in [0, 0.05) is 30.5 Å². The van der Waals surface area contributed by atoms with Gasteiger partial charge in [-0.05, 0) is 53.0 Å². The molecule has 0 aliphatic heterocycles. The van der Waals surface area contributed by atoms with E-state index in [4.69, 9.17) is 4.74 Å². The maximum atomic E-state index is 13.9. The number of methoxy groups -OCH3 is 1. The van der Waals surface area contributed by atoms with Crippen LogP contribution in [0.2, 0.25) is 0 Å². The SMILES string of the molecule is C=CCNC(=O)[C@@H](NC(=O)[C@](O)(CCCN(Cc1ccc(Br)cc1)NC(=O)[C@@H](NC(=O)OC)C(C)(C)C)Cc1ccc(C=C)cc1)C(C)C. The van der Waals surface area contributed by atoms with Crippen LogP contribution in [0.5, 0.6) is 0 Å². The van der Waals surface area contributed by atoms with E-state index in [9.17, 15) is 24.3 Å². The second-order valence-corrected chi connectivity index (χ2v) is 14.4. The van der Waals surface area contributed by atoms with Gasteiger partial charge in [0.2, 0.25) is 5.91 Å². The summed E-state index contributed by atoms with van der Waals surface area (Å²) < 4.78 is 5.65. The molecule has 0 aromatic heterocycles. The Labute approximate surface area is 299 Å². The van der Waals surface area contributed by atoms with Crippen molar-refractivity contribution in [1.82, 2.24) is 26.4 Å². The maximum absolute atomic E-state index is 13.9. The van der Waals surface area contributed by atoms with Gasteiger partial charge >= 0.3 is 6.09 Å². The predicted molar refractivity (Wildman–Crippen MR) is 196 cm³/mol. The first-order valence-corrected chi connectivity index (χ1v) is 17.1. The van der Waals surface area contributed by atoms with Gasteiger partial charge in [-0.3, -0.25) is 19.8 Å². The summed E-state index contributed by atoms with van der Waals surface area (Å²) in [6.45, 7) is 17.3. The Kier molecular flexibility index (Phi) is 16.2. The normalized spacial score (nSPS) is 13.8. The van der Waals surface area contributed by atoms with Gasteiger partial charge in [0.1, 0.15) is 17.7 Å². The second kappa shape index (κ2) is 19.3. The van der Waals surface area contributed by atoms with Crippen LogP contribution in [0.4, 0.5) is 4.79 Å². The third-order valence-corrected chi connectivity index (χ3v) is 8.47. The van der Waals surface area contributed by atoms with Gasteiger partial charge in [0.25, 0.3) is 11.8 Å². The van der Waals surface area contributed by atoms with Crippen LogP contribution in [0.15, 0.2) is 72.2 Å². The van der Waals surface area contributed by atoms with Gasteiger partial charge in [-0.15, -0.1) is 6.58 Å². The number of hydrogen-bond acceptors (Lipinski definition) is 7. The van der Waals surface area contributed by atoms with Crippen molar-refractivity contribution < 1.29 is 29.0 Å². The predicted octanol–water partition coefficient (Wildman–Crippen LogP) is 4.89. The van der Waals surface area contributed by atoms with E-state index in [1.54, 1.807) is 17.2 Å². The van der Waals surface area contributed by atoms with Crippen molar-refractivity contribution in [2.75, 3.05) is 20.2 Å². The maximum Gasteiger partial charge on any atom is 0.407 e. The van der Waals surface area contributed by atoms with Gasteiger partial charge in [-0.2, -0.15) is 0 Å². The Morgan fingerprint density at radius 2 is 1.57 bits per heavy atom. The number of aliphatic hydroxyl groups is 1. The molecule has 0 aliphatic rings. The van der Waals surface area contributed by atoms with E-state index < -0.39 is 41.0 Å². The van der Waals surface area contributed by atoms with E-state index in [2.05, 4.69) is 50.5 Å². The highest BCUT2D eigenvalue weighted by molar-refractivity contribution is 9.10. The molecule has 11 nitrogen and oxygen atoms in total. The zero-order valence-electron chi connectivity index (χ0n) is 29.5. The number of halogens is 1. The number of carbonyl (C=O) groups excluding carboxylic acids is 4. The molecule has 5 N–H and O–H groups in total. The van der Waals surface area contributed by atoms with E-state index in [0.29, 0.717) is 6.54 Å². The quantitative estimate of drug-likeness (QED) is 0.108. The van der Waals surface area contributed by atoms with Crippen LogP contribution >= 0.6 is 15.9 Å². The van der Waals surface area contributed by atoms with Gasteiger partial charge in [0.15, 0.2) is 0 Å². The van der Waals surface area contributed by atoms with Crippen molar-refractivity contribution in [3.63, 3.8) is 0 Å².